The van der Waals surface area contributed by atoms with Gasteiger partial charge in [0, 0.05) is 12.2 Å². The van der Waals surface area contributed by atoms with Crippen molar-refractivity contribution >= 4 is 45.7 Å². The fourth-order valence-corrected chi connectivity index (χ4v) is 4.14. The van der Waals surface area contributed by atoms with Crippen LogP contribution in [-0.4, -0.2) is 42.5 Å². The number of nitrogens with zero attached hydrogens (tertiary/aromatic N) is 5. The smallest absolute Gasteiger partial charge is 0.236 e. The summed E-state index contributed by atoms with van der Waals surface area (Å²) in [6.45, 7) is 8.13. The van der Waals surface area contributed by atoms with Crippen LogP contribution in [0.2, 0.25) is 0 Å². The van der Waals surface area contributed by atoms with Gasteiger partial charge in [0.05, 0.1) is 12.2 Å². The molecule has 11 heteroatoms. The van der Waals surface area contributed by atoms with Crippen LogP contribution in [0.1, 0.15) is 23.3 Å². The number of carbonyl (C=O) groups excluding carboxylic acids is 2. The molecule has 31 heavy (non-hydrogen) atoms. The predicted octanol–water partition coefficient (Wildman–Crippen LogP) is 3.10. The molecule has 0 bridgehead atoms. The lowest BCUT2D eigenvalue weighted by molar-refractivity contribution is -0.116. The van der Waals surface area contributed by atoms with Gasteiger partial charge in [-0.15, -0.1) is 27.0 Å². The Morgan fingerprint density at radius 1 is 1.19 bits per heavy atom. The van der Waals surface area contributed by atoms with Crippen LogP contribution in [0.25, 0.3) is 0 Å². The Balaban J connectivity index is 1.60. The zero-order valence-corrected chi connectivity index (χ0v) is 18.9. The first-order valence-corrected chi connectivity index (χ1v) is 11.4. The Bertz CT molecular complexity index is 1080. The third-order valence-electron chi connectivity index (χ3n) is 4.07. The minimum absolute atomic E-state index is 0.0616. The van der Waals surface area contributed by atoms with E-state index in [0.717, 1.165) is 22.7 Å². The number of aryl methyl sites for hydroxylation is 2. The number of benzene rings is 1. The molecule has 0 atom stereocenters. The average molecular weight is 458 g/mol. The van der Waals surface area contributed by atoms with E-state index in [1.165, 1.54) is 23.1 Å². The van der Waals surface area contributed by atoms with Gasteiger partial charge in [0.25, 0.3) is 0 Å². The molecule has 0 radical (unpaired) electrons. The molecule has 9 nitrogen and oxygen atoms in total. The Labute approximate surface area is 188 Å². The highest BCUT2D eigenvalue weighted by Gasteiger charge is 2.17. The number of carbonyl (C=O) groups is 2. The van der Waals surface area contributed by atoms with Crippen molar-refractivity contribution in [2.24, 2.45) is 0 Å². The molecule has 2 N–H and O–H groups in total. The van der Waals surface area contributed by atoms with Gasteiger partial charge >= 0.3 is 0 Å². The van der Waals surface area contributed by atoms with Gasteiger partial charge in [-0.25, -0.2) is 0 Å². The van der Waals surface area contributed by atoms with Gasteiger partial charge < -0.3 is 9.88 Å². The van der Waals surface area contributed by atoms with Crippen LogP contribution in [0.4, 0.5) is 10.8 Å². The van der Waals surface area contributed by atoms with Gasteiger partial charge in [-0.1, -0.05) is 48.2 Å². The summed E-state index contributed by atoms with van der Waals surface area (Å²) in [6, 6.07) is 7.58. The lowest BCUT2D eigenvalue weighted by Gasteiger charge is -2.08. The van der Waals surface area contributed by atoms with Gasteiger partial charge in [0.2, 0.25) is 16.9 Å². The minimum Gasteiger partial charge on any atom is -0.326 e. The fourth-order valence-electron chi connectivity index (χ4n) is 2.67. The van der Waals surface area contributed by atoms with Gasteiger partial charge in [0.15, 0.2) is 5.16 Å². The first-order valence-electron chi connectivity index (χ1n) is 9.63. The molecule has 2 aromatic heterocycles. The number of thioether (sulfide) groups is 1. The molecule has 0 spiro atoms. The molecule has 162 valence electrons. The van der Waals surface area contributed by atoms with Crippen molar-refractivity contribution < 1.29 is 9.59 Å². The second-order valence-corrected chi connectivity index (χ2v) is 8.59. The summed E-state index contributed by atoms with van der Waals surface area (Å²) >= 11 is 2.59. The van der Waals surface area contributed by atoms with Crippen molar-refractivity contribution in [2.75, 3.05) is 16.4 Å². The number of rotatable bonds is 10. The molecule has 0 aliphatic carbocycles. The molecule has 0 saturated heterocycles. The molecule has 2 heterocycles. The molecular formula is C20H23N7O2S2. The number of aromatic nitrogens is 5. The standard InChI is InChI=1S/C20H23N7O2S2/c1-4-9-27-15(11-16(28)21-14-8-6-7-13(3)10-14)23-26-20(27)30-12-17(29)22-19-25-24-18(5-2)31-19/h4,6-8,10H,1,5,9,11-12H2,2-3H3,(H,21,28)(H,22,25,29). The summed E-state index contributed by atoms with van der Waals surface area (Å²) in [5.41, 5.74) is 1.79. The van der Waals surface area contributed by atoms with Crippen LogP contribution < -0.4 is 10.6 Å². The molecule has 0 aliphatic heterocycles. The summed E-state index contributed by atoms with van der Waals surface area (Å²) < 4.78 is 1.78. The van der Waals surface area contributed by atoms with E-state index in [-0.39, 0.29) is 24.0 Å². The molecule has 0 saturated carbocycles. The summed E-state index contributed by atoms with van der Waals surface area (Å²) in [4.78, 5) is 24.7. The van der Waals surface area contributed by atoms with E-state index in [4.69, 9.17) is 0 Å². The Hall–Kier alpha value is -3.05. The van der Waals surface area contributed by atoms with Gasteiger partial charge in [-0.3, -0.25) is 14.9 Å². The maximum absolute atomic E-state index is 12.5. The van der Waals surface area contributed by atoms with E-state index < -0.39 is 0 Å². The normalized spacial score (nSPS) is 10.6. The highest BCUT2D eigenvalue weighted by molar-refractivity contribution is 7.99. The number of hydrogen-bond acceptors (Lipinski definition) is 8. The monoisotopic (exact) mass is 457 g/mol. The first-order chi connectivity index (χ1) is 15.0. The van der Waals surface area contributed by atoms with E-state index in [1.807, 2.05) is 38.1 Å². The summed E-state index contributed by atoms with van der Waals surface area (Å²) in [5.74, 6) is 0.229. The van der Waals surface area contributed by atoms with Crippen LogP contribution in [0.3, 0.4) is 0 Å². The summed E-state index contributed by atoms with van der Waals surface area (Å²) in [7, 11) is 0. The second kappa shape index (κ2) is 10.8. The van der Waals surface area contributed by atoms with E-state index in [1.54, 1.807) is 10.6 Å². The van der Waals surface area contributed by atoms with E-state index in [2.05, 4.69) is 37.6 Å². The average Bonchev–Trinajstić information content (AvgIpc) is 3.34. The topological polar surface area (TPSA) is 115 Å². The van der Waals surface area contributed by atoms with E-state index in [9.17, 15) is 9.59 Å². The van der Waals surface area contributed by atoms with Crippen LogP contribution in [0.5, 0.6) is 0 Å². The van der Waals surface area contributed by atoms with Crippen molar-refractivity contribution in [3.8, 4) is 0 Å². The van der Waals surface area contributed by atoms with Crippen LogP contribution in [0, 0.1) is 6.92 Å². The number of anilines is 2. The maximum atomic E-state index is 12.5. The molecular weight excluding hydrogens is 434 g/mol. The molecule has 3 aromatic rings. The number of amides is 2. The van der Waals surface area contributed by atoms with Crippen molar-refractivity contribution in [2.45, 2.75) is 38.4 Å². The number of nitrogens with one attached hydrogen (secondary N) is 2. The number of hydrogen-bond donors (Lipinski definition) is 2. The van der Waals surface area contributed by atoms with Crippen LogP contribution in [-0.2, 0) is 29.0 Å². The molecule has 0 aliphatic rings. The molecule has 0 fully saturated rings. The zero-order valence-electron chi connectivity index (χ0n) is 17.3. The van der Waals surface area contributed by atoms with Gasteiger partial charge in [0.1, 0.15) is 10.8 Å². The van der Waals surface area contributed by atoms with Crippen molar-refractivity contribution in [1.82, 2.24) is 25.0 Å². The fraction of sp³-hybridized carbons (Fsp3) is 0.300. The molecule has 0 unspecified atom stereocenters. The molecule has 1 aromatic carbocycles. The molecule has 2 amide bonds. The Kier molecular flexibility index (Phi) is 7.90. The third kappa shape index (κ3) is 6.46. The summed E-state index contributed by atoms with van der Waals surface area (Å²) in [6.07, 6.45) is 2.53. The van der Waals surface area contributed by atoms with Crippen molar-refractivity contribution in [3.63, 3.8) is 0 Å². The lowest BCUT2D eigenvalue weighted by atomic mass is 10.2. The largest absolute Gasteiger partial charge is 0.326 e. The van der Waals surface area contributed by atoms with Crippen LogP contribution in [0.15, 0.2) is 42.1 Å². The highest BCUT2D eigenvalue weighted by atomic mass is 32.2. The lowest BCUT2D eigenvalue weighted by Crippen LogP contribution is -2.18. The van der Waals surface area contributed by atoms with E-state index in [0.29, 0.717) is 22.7 Å². The third-order valence-corrected chi connectivity index (χ3v) is 6.02. The Morgan fingerprint density at radius 2 is 2.03 bits per heavy atom. The van der Waals surface area contributed by atoms with Gasteiger partial charge in [-0.05, 0) is 31.0 Å². The number of allylic oxidation sites excluding steroid dienone is 1. The quantitative estimate of drug-likeness (QED) is 0.355. The first kappa shape index (κ1) is 22.6. The maximum Gasteiger partial charge on any atom is 0.236 e. The van der Waals surface area contributed by atoms with Gasteiger partial charge in [-0.2, -0.15) is 0 Å². The summed E-state index contributed by atoms with van der Waals surface area (Å²) in [5, 5.41) is 23.7. The zero-order chi connectivity index (χ0) is 22.2. The van der Waals surface area contributed by atoms with Crippen LogP contribution >= 0.6 is 23.1 Å². The second-order valence-electron chi connectivity index (χ2n) is 6.58. The molecule has 3 rings (SSSR count). The van der Waals surface area contributed by atoms with Crippen molar-refractivity contribution in [1.29, 1.82) is 0 Å². The highest BCUT2D eigenvalue weighted by Crippen LogP contribution is 2.20. The van der Waals surface area contributed by atoms with Crippen molar-refractivity contribution in [3.05, 3.63) is 53.3 Å². The Morgan fingerprint density at radius 3 is 2.74 bits per heavy atom. The van der Waals surface area contributed by atoms with E-state index >= 15 is 0 Å². The predicted molar refractivity (Wildman–Crippen MR) is 122 cm³/mol. The minimum atomic E-state index is -0.212. The SMILES string of the molecule is C=CCn1c(CC(=O)Nc2cccc(C)c2)nnc1SCC(=O)Nc1nnc(CC)s1.